The Balaban J connectivity index is 2.67. The predicted molar refractivity (Wildman–Crippen MR) is 85.4 cm³/mol. The molecule has 0 saturated carbocycles. The summed E-state index contributed by atoms with van der Waals surface area (Å²) in [4.78, 5) is 8.67. The lowest BCUT2D eigenvalue weighted by molar-refractivity contribution is 0.309. The smallest absolute Gasteiger partial charge is 0.195 e. The van der Waals surface area contributed by atoms with Gasteiger partial charge in [0.1, 0.15) is 5.75 Å². The maximum atomic E-state index is 5.72. The van der Waals surface area contributed by atoms with Crippen LogP contribution >= 0.6 is 0 Å². The molecule has 0 N–H and O–H groups in total. The van der Waals surface area contributed by atoms with Gasteiger partial charge in [0.2, 0.25) is 0 Å². The second-order valence-corrected chi connectivity index (χ2v) is 5.25. The van der Waals surface area contributed by atoms with Gasteiger partial charge in [0.25, 0.3) is 0 Å². The molecule has 0 fully saturated rings. The lowest BCUT2D eigenvalue weighted by atomic mass is 10.2. The molecule has 0 atom stereocenters. The van der Waals surface area contributed by atoms with E-state index in [0.717, 1.165) is 31.2 Å². The van der Waals surface area contributed by atoms with Gasteiger partial charge >= 0.3 is 0 Å². The van der Waals surface area contributed by atoms with Crippen LogP contribution in [0.2, 0.25) is 0 Å². The standard InChI is InChI=1S/C16H27N3O/c1-6-7-11-20-15-10-8-9-14(12-15)13-17-16(18(2)3)19(4)5/h8-10,12H,6-7,11,13H2,1-5H3. The van der Waals surface area contributed by atoms with Crippen molar-refractivity contribution in [2.24, 2.45) is 4.99 Å². The van der Waals surface area contributed by atoms with Crippen LogP contribution in [0.5, 0.6) is 5.75 Å². The van der Waals surface area contributed by atoms with Gasteiger partial charge in [-0.05, 0) is 24.1 Å². The Morgan fingerprint density at radius 3 is 2.45 bits per heavy atom. The fourth-order valence-electron chi connectivity index (χ4n) is 1.91. The summed E-state index contributed by atoms with van der Waals surface area (Å²) in [5.41, 5.74) is 1.17. The quantitative estimate of drug-likeness (QED) is 0.455. The number of rotatable bonds is 6. The van der Waals surface area contributed by atoms with Gasteiger partial charge in [-0.15, -0.1) is 0 Å². The lowest BCUT2D eigenvalue weighted by Gasteiger charge is -2.22. The summed E-state index contributed by atoms with van der Waals surface area (Å²) >= 11 is 0. The van der Waals surface area contributed by atoms with E-state index in [2.05, 4.69) is 24.0 Å². The number of aliphatic imine (C=N–C) groups is 1. The largest absolute Gasteiger partial charge is 0.494 e. The summed E-state index contributed by atoms with van der Waals surface area (Å²) in [5.74, 6) is 1.89. The highest BCUT2D eigenvalue weighted by Gasteiger charge is 2.04. The molecule has 112 valence electrons. The van der Waals surface area contributed by atoms with Gasteiger partial charge < -0.3 is 14.5 Å². The maximum Gasteiger partial charge on any atom is 0.195 e. The van der Waals surface area contributed by atoms with Crippen molar-refractivity contribution in [1.29, 1.82) is 0 Å². The van der Waals surface area contributed by atoms with Crippen LogP contribution in [0, 0.1) is 0 Å². The van der Waals surface area contributed by atoms with Crippen molar-refractivity contribution < 1.29 is 4.74 Å². The Morgan fingerprint density at radius 2 is 1.85 bits per heavy atom. The van der Waals surface area contributed by atoms with E-state index in [1.54, 1.807) is 0 Å². The van der Waals surface area contributed by atoms with Crippen molar-refractivity contribution in [3.63, 3.8) is 0 Å². The molecule has 0 saturated heterocycles. The van der Waals surface area contributed by atoms with Crippen molar-refractivity contribution in [3.8, 4) is 5.75 Å². The van der Waals surface area contributed by atoms with Crippen LogP contribution in [-0.4, -0.2) is 50.6 Å². The molecule has 0 heterocycles. The maximum absolute atomic E-state index is 5.72. The Hall–Kier alpha value is -1.71. The number of nitrogens with zero attached hydrogens (tertiary/aromatic N) is 3. The average molecular weight is 277 g/mol. The van der Waals surface area contributed by atoms with Gasteiger partial charge in [0.05, 0.1) is 13.2 Å². The molecule has 0 aromatic heterocycles. The van der Waals surface area contributed by atoms with Crippen molar-refractivity contribution in [2.45, 2.75) is 26.3 Å². The molecule has 20 heavy (non-hydrogen) atoms. The molecule has 0 unspecified atom stereocenters. The van der Waals surface area contributed by atoms with Crippen molar-refractivity contribution in [3.05, 3.63) is 29.8 Å². The first kappa shape index (κ1) is 16.3. The second kappa shape index (κ2) is 8.46. The molecule has 0 aliphatic carbocycles. The van der Waals surface area contributed by atoms with E-state index in [1.165, 1.54) is 5.56 Å². The Morgan fingerprint density at radius 1 is 1.15 bits per heavy atom. The monoisotopic (exact) mass is 277 g/mol. The van der Waals surface area contributed by atoms with Crippen molar-refractivity contribution in [2.75, 3.05) is 34.8 Å². The number of unbranched alkanes of at least 4 members (excludes halogenated alkanes) is 1. The summed E-state index contributed by atoms with van der Waals surface area (Å²) < 4.78 is 5.72. The minimum Gasteiger partial charge on any atom is -0.494 e. The van der Waals surface area contributed by atoms with E-state index in [9.17, 15) is 0 Å². The fraction of sp³-hybridized carbons (Fsp3) is 0.562. The minimum absolute atomic E-state index is 0.663. The molecular weight excluding hydrogens is 250 g/mol. The number of ether oxygens (including phenoxy) is 1. The molecule has 4 nitrogen and oxygen atoms in total. The van der Waals surface area contributed by atoms with Gasteiger partial charge in [-0.1, -0.05) is 25.5 Å². The van der Waals surface area contributed by atoms with Gasteiger partial charge in [-0.25, -0.2) is 4.99 Å². The summed E-state index contributed by atoms with van der Waals surface area (Å²) in [6.45, 7) is 3.61. The molecule has 0 radical (unpaired) electrons. The zero-order valence-corrected chi connectivity index (χ0v) is 13.4. The normalized spacial score (nSPS) is 10.1. The van der Waals surface area contributed by atoms with E-state index in [0.29, 0.717) is 6.54 Å². The molecule has 0 spiro atoms. The van der Waals surface area contributed by atoms with Crippen molar-refractivity contribution >= 4 is 5.96 Å². The van der Waals surface area contributed by atoms with E-state index in [1.807, 2.05) is 50.1 Å². The molecule has 4 heteroatoms. The van der Waals surface area contributed by atoms with E-state index in [-0.39, 0.29) is 0 Å². The molecule has 1 aromatic carbocycles. The first-order valence-corrected chi connectivity index (χ1v) is 7.15. The van der Waals surface area contributed by atoms with Gasteiger partial charge in [0, 0.05) is 28.2 Å². The van der Waals surface area contributed by atoms with E-state index in [4.69, 9.17) is 4.74 Å². The van der Waals surface area contributed by atoms with E-state index < -0.39 is 0 Å². The third-order valence-electron chi connectivity index (χ3n) is 2.87. The minimum atomic E-state index is 0.663. The van der Waals surface area contributed by atoms with Crippen LogP contribution in [0.25, 0.3) is 0 Å². The molecule has 0 bridgehead atoms. The number of benzene rings is 1. The Labute approximate surface area is 123 Å². The summed E-state index contributed by atoms with van der Waals surface area (Å²) in [7, 11) is 8.01. The number of hydrogen-bond acceptors (Lipinski definition) is 2. The van der Waals surface area contributed by atoms with E-state index >= 15 is 0 Å². The zero-order chi connectivity index (χ0) is 15.0. The lowest BCUT2D eigenvalue weighted by Crippen LogP contribution is -2.35. The third kappa shape index (κ3) is 5.51. The number of hydrogen-bond donors (Lipinski definition) is 0. The Bertz CT molecular complexity index is 417. The highest BCUT2D eigenvalue weighted by Crippen LogP contribution is 2.14. The SMILES string of the molecule is CCCCOc1cccc(CN=C(N(C)C)N(C)C)c1. The first-order chi connectivity index (χ1) is 9.54. The summed E-state index contributed by atoms with van der Waals surface area (Å²) in [5, 5.41) is 0. The van der Waals surface area contributed by atoms with Crippen LogP contribution in [0.1, 0.15) is 25.3 Å². The van der Waals surface area contributed by atoms with Gasteiger partial charge in [0.15, 0.2) is 5.96 Å². The predicted octanol–water partition coefficient (Wildman–Crippen LogP) is 2.84. The fourth-order valence-corrected chi connectivity index (χ4v) is 1.91. The molecule has 1 aromatic rings. The molecule has 0 aliphatic heterocycles. The zero-order valence-electron chi connectivity index (χ0n) is 13.4. The highest BCUT2D eigenvalue weighted by atomic mass is 16.5. The molecular formula is C16H27N3O. The van der Waals surface area contributed by atoms with Crippen LogP contribution in [-0.2, 0) is 6.54 Å². The van der Waals surface area contributed by atoms with Crippen LogP contribution in [0.4, 0.5) is 0 Å². The van der Waals surface area contributed by atoms with Crippen LogP contribution < -0.4 is 4.74 Å². The van der Waals surface area contributed by atoms with Crippen molar-refractivity contribution in [1.82, 2.24) is 9.80 Å². The summed E-state index contributed by atoms with van der Waals surface area (Å²) in [6.07, 6.45) is 2.24. The number of guanidine groups is 1. The topological polar surface area (TPSA) is 28.1 Å². The second-order valence-electron chi connectivity index (χ2n) is 5.25. The molecule has 1 rings (SSSR count). The first-order valence-electron chi connectivity index (χ1n) is 7.15. The molecule has 0 amide bonds. The van der Waals surface area contributed by atoms with Gasteiger partial charge in [-0.2, -0.15) is 0 Å². The van der Waals surface area contributed by atoms with Crippen LogP contribution in [0.3, 0.4) is 0 Å². The highest BCUT2D eigenvalue weighted by molar-refractivity contribution is 5.79. The average Bonchev–Trinajstić information content (AvgIpc) is 2.39. The van der Waals surface area contributed by atoms with Crippen LogP contribution in [0.15, 0.2) is 29.3 Å². The Kier molecular flexibility index (Phi) is 6.91. The third-order valence-corrected chi connectivity index (χ3v) is 2.87. The molecule has 0 aliphatic rings. The van der Waals surface area contributed by atoms with Gasteiger partial charge in [-0.3, -0.25) is 0 Å². The summed E-state index contributed by atoms with van der Waals surface area (Å²) in [6, 6.07) is 8.18.